The van der Waals surface area contributed by atoms with E-state index in [-0.39, 0.29) is 6.04 Å². The molecular weight excluding hydrogens is 358 g/mol. The molecule has 1 atom stereocenters. The Morgan fingerprint density at radius 1 is 1.11 bits per heavy atom. The predicted molar refractivity (Wildman–Crippen MR) is 110 cm³/mol. The number of nitrogens with zero attached hydrogens (tertiary/aromatic N) is 2. The first-order chi connectivity index (χ1) is 13.2. The van der Waals surface area contributed by atoms with Gasteiger partial charge in [0.2, 0.25) is 0 Å². The molecule has 0 aliphatic heterocycles. The van der Waals surface area contributed by atoms with Crippen LogP contribution in [0.1, 0.15) is 35.8 Å². The summed E-state index contributed by atoms with van der Waals surface area (Å²) in [5, 5.41) is 4.17. The predicted octanol–water partition coefficient (Wildman–Crippen LogP) is 5.60. The molecule has 0 saturated heterocycles. The van der Waals surface area contributed by atoms with Crippen molar-refractivity contribution in [3.8, 4) is 17.0 Å². The van der Waals surface area contributed by atoms with Crippen LogP contribution in [-0.4, -0.2) is 17.1 Å². The minimum atomic E-state index is 0.262. The molecule has 1 aliphatic rings. The first kappa shape index (κ1) is 17.8. The van der Waals surface area contributed by atoms with Crippen LogP contribution in [0, 0.1) is 6.92 Å². The topological polar surface area (TPSA) is 47.0 Å². The second-order valence-electron chi connectivity index (χ2n) is 6.80. The number of nitrogens with one attached hydrogen (secondary N) is 1. The van der Waals surface area contributed by atoms with Crippen LogP contribution in [0.5, 0.6) is 5.75 Å². The van der Waals surface area contributed by atoms with E-state index in [0.29, 0.717) is 16.6 Å². The van der Waals surface area contributed by atoms with E-state index in [1.54, 1.807) is 7.11 Å². The molecule has 2 aromatic carbocycles. The summed E-state index contributed by atoms with van der Waals surface area (Å²) in [7, 11) is 1.61. The van der Waals surface area contributed by atoms with E-state index < -0.39 is 0 Å². The molecule has 27 heavy (non-hydrogen) atoms. The van der Waals surface area contributed by atoms with Gasteiger partial charge in [-0.1, -0.05) is 48.0 Å². The molecule has 0 amide bonds. The highest BCUT2D eigenvalue weighted by atomic mass is 35.5. The molecule has 5 heteroatoms. The summed E-state index contributed by atoms with van der Waals surface area (Å²) >= 11 is 6.50. The third kappa shape index (κ3) is 3.62. The smallest absolute Gasteiger partial charge is 0.138 e. The molecule has 4 rings (SSSR count). The fourth-order valence-electron chi connectivity index (χ4n) is 3.73. The number of rotatable bonds is 4. The number of methoxy groups -OCH3 is 1. The number of halogens is 1. The molecular formula is C22H22ClN3O. The Balaban J connectivity index is 1.69. The molecule has 0 spiro atoms. The minimum Gasteiger partial charge on any atom is -0.495 e. The second-order valence-corrected chi connectivity index (χ2v) is 7.17. The van der Waals surface area contributed by atoms with E-state index in [9.17, 15) is 0 Å². The van der Waals surface area contributed by atoms with Crippen molar-refractivity contribution in [2.75, 3.05) is 12.4 Å². The van der Waals surface area contributed by atoms with Gasteiger partial charge in [-0.15, -0.1) is 0 Å². The highest BCUT2D eigenvalue weighted by molar-refractivity contribution is 6.34. The Labute approximate surface area is 164 Å². The Kier molecular flexibility index (Phi) is 4.99. The number of fused-ring (bicyclic) bond motifs is 1. The summed E-state index contributed by atoms with van der Waals surface area (Å²) in [4.78, 5) is 9.19. The summed E-state index contributed by atoms with van der Waals surface area (Å²) in [6.07, 6.45) is 3.41. The maximum atomic E-state index is 6.50. The van der Waals surface area contributed by atoms with Crippen molar-refractivity contribution in [2.45, 2.75) is 32.2 Å². The summed E-state index contributed by atoms with van der Waals surface area (Å²) in [5.41, 5.74) is 4.41. The molecule has 0 fully saturated rings. The molecule has 0 saturated carbocycles. The molecule has 3 aromatic rings. The van der Waals surface area contributed by atoms with Gasteiger partial charge in [-0.2, -0.15) is 0 Å². The quantitative estimate of drug-likeness (QED) is 0.640. The van der Waals surface area contributed by atoms with Crippen LogP contribution in [-0.2, 0) is 6.42 Å². The monoisotopic (exact) mass is 379 g/mol. The van der Waals surface area contributed by atoms with Crippen molar-refractivity contribution in [1.82, 2.24) is 9.97 Å². The fourth-order valence-corrected chi connectivity index (χ4v) is 4.03. The Bertz CT molecular complexity index is 974. The van der Waals surface area contributed by atoms with Crippen LogP contribution >= 0.6 is 11.6 Å². The van der Waals surface area contributed by atoms with Crippen molar-refractivity contribution < 1.29 is 4.74 Å². The van der Waals surface area contributed by atoms with E-state index in [1.807, 2.05) is 31.2 Å². The first-order valence-electron chi connectivity index (χ1n) is 9.18. The lowest BCUT2D eigenvalue weighted by atomic mass is 9.88. The molecule has 1 heterocycles. The highest BCUT2D eigenvalue weighted by Gasteiger charge is 2.20. The van der Waals surface area contributed by atoms with Crippen LogP contribution in [0.3, 0.4) is 0 Å². The van der Waals surface area contributed by atoms with Crippen molar-refractivity contribution in [3.05, 3.63) is 70.5 Å². The number of anilines is 1. The van der Waals surface area contributed by atoms with E-state index in [2.05, 4.69) is 39.6 Å². The van der Waals surface area contributed by atoms with Crippen molar-refractivity contribution in [3.63, 3.8) is 0 Å². The lowest BCUT2D eigenvalue weighted by Gasteiger charge is -2.27. The van der Waals surface area contributed by atoms with Gasteiger partial charge in [-0.25, -0.2) is 9.97 Å². The maximum absolute atomic E-state index is 6.50. The molecule has 1 aliphatic carbocycles. The summed E-state index contributed by atoms with van der Waals surface area (Å²) in [6, 6.07) is 16.6. The van der Waals surface area contributed by atoms with Gasteiger partial charge in [0, 0.05) is 11.6 Å². The van der Waals surface area contributed by atoms with Gasteiger partial charge in [0.15, 0.2) is 0 Å². The van der Waals surface area contributed by atoms with Gasteiger partial charge in [0.05, 0.1) is 23.9 Å². The molecule has 4 nitrogen and oxygen atoms in total. The number of hydrogen-bond acceptors (Lipinski definition) is 4. The zero-order chi connectivity index (χ0) is 18.8. The number of ether oxygens (including phenoxy) is 1. The lowest BCUT2D eigenvalue weighted by molar-refractivity contribution is 0.415. The van der Waals surface area contributed by atoms with Crippen LogP contribution in [0.2, 0.25) is 5.02 Å². The first-order valence-corrected chi connectivity index (χ1v) is 9.56. The number of benzene rings is 2. The van der Waals surface area contributed by atoms with E-state index in [1.165, 1.54) is 17.5 Å². The zero-order valence-corrected chi connectivity index (χ0v) is 16.3. The summed E-state index contributed by atoms with van der Waals surface area (Å²) in [6.45, 7) is 1.90. The standard InChI is InChI=1S/C22H22ClN3O/c1-14-24-19(17-10-6-12-20(27-2)22(17)23)13-21(25-14)26-18-11-5-8-15-7-3-4-9-16(15)18/h3-4,6-7,9-10,12-13,18H,5,8,11H2,1-2H3,(H,24,25,26)/t18-/m1/s1. The molecule has 0 bridgehead atoms. The third-order valence-corrected chi connectivity index (χ3v) is 5.38. The van der Waals surface area contributed by atoms with Gasteiger partial charge in [0.25, 0.3) is 0 Å². The Morgan fingerprint density at radius 2 is 1.96 bits per heavy atom. The van der Waals surface area contributed by atoms with Gasteiger partial charge >= 0.3 is 0 Å². The van der Waals surface area contributed by atoms with Crippen LogP contribution in [0.4, 0.5) is 5.82 Å². The average Bonchev–Trinajstić information content (AvgIpc) is 2.68. The van der Waals surface area contributed by atoms with Crippen LogP contribution in [0.25, 0.3) is 11.3 Å². The minimum absolute atomic E-state index is 0.262. The molecule has 1 aromatic heterocycles. The number of aryl methyl sites for hydroxylation is 2. The normalized spacial score (nSPS) is 15.9. The molecule has 0 radical (unpaired) electrons. The fraction of sp³-hybridized carbons (Fsp3) is 0.273. The second kappa shape index (κ2) is 7.57. The van der Waals surface area contributed by atoms with Gasteiger partial charge in [0.1, 0.15) is 17.4 Å². The van der Waals surface area contributed by atoms with E-state index in [4.69, 9.17) is 16.3 Å². The highest BCUT2D eigenvalue weighted by Crippen LogP contribution is 2.36. The Morgan fingerprint density at radius 3 is 2.81 bits per heavy atom. The molecule has 1 N–H and O–H groups in total. The number of hydrogen-bond donors (Lipinski definition) is 1. The van der Waals surface area contributed by atoms with E-state index in [0.717, 1.165) is 29.9 Å². The zero-order valence-electron chi connectivity index (χ0n) is 15.5. The van der Waals surface area contributed by atoms with Gasteiger partial charge in [-0.3, -0.25) is 0 Å². The molecule has 138 valence electrons. The largest absolute Gasteiger partial charge is 0.495 e. The summed E-state index contributed by atoms with van der Waals surface area (Å²) in [5.74, 6) is 2.16. The van der Waals surface area contributed by atoms with Crippen LogP contribution in [0.15, 0.2) is 48.5 Å². The lowest BCUT2D eigenvalue weighted by Crippen LogP contribution is -2.18. The van der Waals surface area contributed by atoms with Crippen molar-refractivity contribution in [1.29, 1.82) is 0 Å². The molecule has 0 unspecified atom stereocenters. The average molecular weight is 380 g/mol. The summed E-state index contributed by atoms with van der Waals surface area (Å²) < 4.78 is 5.34. The van der Waals surface area contributed by atoms with Gasteiger partial charge in [-0.05, 0) is 43.4 Å². The van der Waals surface area contributed by atoms with Crippen LogP contribution < -0.4 is 10.1 Å². The SMILES string of the molecule is COc1cccc(-c2cc(N[C@@H]3CCCc4ccccc43)nc(C)n2)c1Cl. The number of aromatic nitrogens is 2. The van der Waals surface area contributed by atoms with Gasteiger partial charge < -0.3 is 10.1 Å². The van der Waals surface area contributed by atoms with Crippen molar-refractivity contribution >= 4 is 17.4 Å². The third-order valence-electron chi connectivity index (χ3n) is 4.99. The van der Waals surface area contributed by atoms with E-state index >= 15 is 0 Å². The Hall–Kier alpha value is -2.59. The maximum Gasteiger partial charge on any atom is 0.138 e. The van der Waals surface area contributed by atoms with Crippen molar-refractivity contribution in [2.24, 2.45) is 0 Å².